The second-order valence-electron chi connectivity index (χ2n) is 5.33. The van der Waals surface area contributed by atoms with E-state index in [0.717, 1.165) is 5.92 Å². The first kappa shape index (κ1) is 11.2. The Hall–Kier alpha value is 0.140. The predicted molar refractivity (Wildman–Crippen MR) is 73.0 cm³/mol. The Kier molecular flexibility index (Phi) is 3.11. The Labute approximate surface area is 110 Å². The van der Waals surface area contributed by atoms with Crippen LogP contribution in [0.5, 0.6) is 0 Å². The molecule has 0 aromatic carbocycles. The maximum atomic E-state index is 3.57. The van der Waals surface area contributed by atoms with Gasteiger partial charge in [-0.1, -0.05) is 12.8 Å². The van der Waals surface area contributed by atoms with Crippen molar-refractivity contribution in [3.05, 3.63) is 20.8 Å². The van der Waals surface area contributed by atoms with E-state index in [9.17, 15) is 0 Å². The lowest BCUT2D eigenvalue weighted by atomic mass is 9.67. The van der Waals surface area contributed by atoms with Gasteiger partial charge < -0.3 is 5.32 Å². The molecule has 0 radical (unpaired) electrons. The van der Waals surface area contributed by atoms with Crippen molar-refractivity contribution < 1.29 is 0 Å². The molecule has 3 heteroatoms. The van der Waals surface area contributed by atoms with Crippen molar-refractivity contribution in [3.63, 3.8) is 0 Å². The van der Waals surface area contributed by atoms with Gasteiger partial charge in [0.1, 0.15) is 0 Å². The molecule has 1 aliphatic heterocycles. The summed E-state index contributed by atoms with van der Waals surface area (Å²) in [5.74, 6) is 0.981. The minimum atomic E-state index is 0.598. The lowest BCUT2D eigenvalue weighted by molar-refractivity contribution is 0.0822. The molecule has 2 heterocycles. The van der Waals surface area contributed by atoms with Crippen LogP contribution >= 0.6 is 27.3 Å². The van der Waals surface area contributed by atoms with Crippen molar-refractivity contribution in [2.24, 2.45) is 11.3 Å². The summed E-state index contributed by atoms with van der Waals surface area (Å²) in [6, 6.07) is 4.48. The quantitative estimate of drug-likeness (QED) is 0.894. The molecule has 1 N–H and O–H groups in total. The highest BCUT2D eigenvalue weighted by Crippen LogP contribution is 2.45. The number of nitrogens with one attached hydrogen (secondary N) is 1. The molecule has 0 spiro atoms. The van der Waals surface area contributed by atoms with Gasteiger partial charge in [-0.25, -0.2) is 0 Å². The van der Waals surface area contributed by atoms with Gasteiger partial charge in [-0.05, 0) is 53.2 Å². The monoisotopic (exact) mass is 299 g/mol. The van der Waals surface area contributed by atoms with E-state index >= 15 is 0 Å². The Bertz CT molecular complexity index is 364. The van der Waals surface area contributed by atoms with Crippen molar-refractivity contribution in [3.8, 4) is 0 Å². The van der Waals surface area contributed by atoms with E-state index in [0.29, 0.717) is 5.41 Å². The highest BCUT2D eigenvalue weighted by Gasteiger charge is 2.44. The van der Waals surface area contributed by atoms with Crippen LogP contribution in [0.1, 0.15) is 30.6 Å². The van der Waals surface area contributed by atoms with Crippen LogP contribution in [0.3, 0.4) is 0 Å². The summed E-state index contributed by atoms with van der Waals surface area (Å²) >= 11 is 5.48. The zero-order valence-electron chi connectivity index (χ0n) is 9.47. The first-order valence-corrected chi connectivity index (χ1v) is 7.84. The fourth-order valence-corrected chi connectivity index (χ4v) is 4.97. The highest BCUT2D eigenvalue weighted by molar-refractivity contribution is 9.11. The number of halogens is 1. The van der Waals surface area contributed by atoms with Crippen molar-refractivity contribution in [1.82, 2.24) is 5.32 Å². The summed E-state index contributed by atoms with van der Waals surface area (Å²) in [4.78, 5) is 1.56. The third-order valence-electron chi connectivity index (χ3n) is 4.33. The van der Waals surface area contributed by atoms with Crippen LogP contribution in [0.4, 0.5) is 0 Å². The Morgan fingerprint density at radius 2 is 2.06 bits per heavy atom. The van der Waals surface area contributed by atoms with Gasteiger partial charge in [-0.3, -0.25) is 0 Å². The van der Waals surface area contributed by atoms with Gasteiger partial charge in [-0.15, -0.1) is 11.3 Å². The third kappa shape index (κ3) is 1.98. The standard InChI is InChI=1S/C13H18BrNS/c14-12-6-5-11(16-12)7-13(8-15-9-13)10-3-1-2-4-10/h5-6,10,15H,1-4,7-9H2. The van der Waals surface area contributed by atoms with E-state index in [-0.39, 0.29) is 0 Å². The summed E-state index contributed by atoms with van der Waals surface area (Å²) in [7, 11) is 0. The van der Waals surface area contributed by atoms with Crippen LogP contribution in [0.15, 0.2) is 15.9 Å². The second-order valence-corrected chi connectivity index (χ2v) is 7.88. The van der Waals surface area contributed by atoms with Gasteiger partial charge in [-0.2, -0.15) is 0 Å². The molecule has 0 bridgehead atoms. The summed E-state index contributed by atoms with van der Waals surface area (Å²) in [5, 5.41) is 3.50. The van der Waals surface area contributed by atoms with E-state index in [4.69, 9.17) is 0 Å². The average molecular weight is 300 g/mol. The molecule has 3 rings (SSSR count). The Balaban J connectivity index is 1.74. The normalized spacial score (nSPS) is 24.6. The van der Waals surface area contributed by atoms with Crippen LogP contribution in [0, 0.1) is 11.3 Å². The summed E-state index contributed by atoms with van der Waals surface area (Å²) in [6.45, 7) is 2.49. The average Bonchev–Trinajstić information content (AvgIpc) is 2.82. The molecule has 1 saturated heterocycles. The molecule has 0 atom stereocenters. The highest BCUT2D eigenvalue weighted by atomic mass is 79.9. The second kappa shape index (κ2) is 4.43. The lowest BCUT2D eigenvalue weighted by Gasteiger charge is -2.47. The van der Waals surface area contributed by atoms with Gasteiger partial charge >= 0.3 is 0 Å². The molecule has 2 fully saturated rings. The summed E-state index contributed by atoms with van der Waals surface area (Å²) in [5.41, 5.74) is 0.598. The van der Waals surface area contributed by atoms with Crippen LogP contribution in [0.2, 0.25) is 0 Å². The minimum absolute atomic E-state index is 0.598. The molecule has 0 amide bonds. The van der Waals surface area contributed by atoms with Gasteiger partial charge in [0.15, 0.2) is 0 Å². The number of thiophene rings is 1. The molecule has 1 aromatic rings. The summed E-state index contributed by atoms with van der Waals surface area (Å²) < 4.78 is 1.27. The zero-order chi connectivity index (χ0) is 11.0. The molecule has 16 heavy (non-hydrogen) atoms. The molecule has 88 valence electrons. The van der Waals surface area contributed by atoms with Crippen molar-refractivity contribution in [2.75, 3.05) is 13.1 Å². The van der Waals surface area contributed by atoms with Crippen molar-refractivity contribution in [1.29, 1.82) is 0 Å². The zero-order valence-corrected chi connectivity index (χ0v) is 11.9. The molecular formula is C13H18BrNS. The van der Waals surface area contributed by atoms with E-state index in [1.807, 2.05) is 11.3 Å². The molecule has 1 aromatic heterocycles. The molecule has 1 saturated carbocycles. The Morgan fingerprint density at radius 3 is 2.56 bits per heavy atom. The van der Waals surface area contributed by atoms with Crippen LogP contribution in [0.25, 0.3) is 0 Å². The largest absolute Gasteiger partial charge is 0.315 e. The van der Waals surface area contributed by atoms with E-state index in [2.05, 4.69) is 33.4 Å². The SMILES string of the molecule is Brc1ccc(CC2(C3CCCC3)CNC2)s1. The molecule has 1 aliphatic carbocycles. The Morgan fingerprint density at radius 1 is 1.31 bits per heavy atom. The van der Waals surface area contributed by atoms with Gasteiger partial charge in [0, 0.05) is 23.4 Å². The molecule has 0 unspecified atom stereocenters. The number of hydrogen-bond acceptors (Lipinski definition) is 2. The van der Waals surface area contributed by atoms with Crippen LogP contribution < -0.4 is 5.32 Å². The fourth-order valence-electron chi connectivity index (χ4n) is 3.34. The lowest BCUT2D eigenvalue weighted by Crippen LogP contribution is -2.58. The van der Waals surface area contributed by atoms with Crippen molar-refractivity contribution >= 4 is 27.3 Å². The van der Waals surface area contributed by atoms with Crippen LogP contribution in [-0.4, -0.2) is 13.1 Å². The van der Waals surface area contributed by atoms with E-state index in [1.165, 1.54) is 49.0 Å². The smallest absolute Gasteiger partial charge is 0.0701 e. The van der Waals surface area contributed by atoms with Crippen molar-refractivity contribution in [2.45, 2.75) is 32.1 Å². The number of hydrogen-bond donors (Lipinski definition) is 1. The maximum absolute atomic E-state index is 3.57. The van der Waals surface area contributed by atoms with Gasteiger partial charge in [0.2, 0.25) is 0 Å². The van der Waals surface area contributed by atoms with Gasteiger partial charge in [0.05, 0.1) is 3.79 Å². The van der Waals surface area contributed by atoms with Crippen LogP contribution in [-0.2, 0) is 6.42 Å². The first-order valence-electron chi connectivity index (χ1n) is 6.23. The fraction of sp³-hybridized carbons (Fsp3) is 0.692. The third-order valence-corrected chi connectivity index (χ3v) is 5.95. The number of rotatable bonds is 3. The summed E-state index contributed by atoms with van der Waals surface area (Å²) in [6.07, 6.45) is 7.14. The van der Waals surface area contributed by atoms with E-state index < -0.39 is 0 Å². The molecular weight excluding hydrogens is 282 g/mol. The topological polar surface area (TPSA) is 12.0 Å². The van der Waals surface area contributed by atoms with Gasteiger partial charge in [0.25, 0.3) is 0 Å². The minimum Gasteiger partial charge on any atom is -0.315 e. The van der Waals surface area contributed by atoms with E-state index in [1.54, 1.807) is 4.88 Å². The molecule has 2 aliphatic rings. The molecule has 1 nitrogen and oxygen atoms in total. The predicted octanol–water partition coefficient (Wildman–Crippen LogP) is 3.83. The first-order chi connectivity index (χ1) is 7.78. The maximum Gasteiger partial charge on any atom is 0.0701 e.